The van der Waals surface area contributed by atoms with Gasteiger partial charge in [-0.2, -0.15) is 0 Å². The molecule has 5 nitrogen and oxygen atoms in total. The van der Waals surface area contributed by atoms with E-state index in [-0.39, 0.29) is 6.03 Å². The lowest BCUT2D eigenvalue weighted by Gasteiger charge is -2.16. The summed E-state index contributed by atoms with van der Waals surface area (Å²) in [5.41, 5.74) is 1.04. The van der Waals surface area contributed by atoms with Crippen molar-refractivity contribution in [2.75, 3.05) is 13.1 Å². The molecule has 98 valence electrons. The van der Waals surface area contributed by atoms with Gasteiger partial charge in [-0.3, -0.25) is 4.79 Å². The SMILES string of the molecule is O=C(O)C1CCN(C(=O)NCc2csc(Br)c2)C1. The molecule has 1 aliphatic heterocycles. The van der Waals surface area contributed by atoms with Crippen LogP contribution in [0.1, 0.15) is 12.0 Å². The van der Waals surface area contributed by atoms with Gasteiger partial charge in [0, 0.05) is 19.6 Å². The van der Waals surface area contributed by atoms with Gasteiger partial charge in [0.05, 0.1) is 9.70 Å². The minimum absolute atomic E-state index is 0.193. The summed E-state index contributed by atoms with van der Waals surface area (Å²) in [7, 11) is 0. The predicted octanol–water partition coefficient (Wildman–Crippen LogP) is 2.13. The van der Waals surface area contributed by atoms with Crippen LogP contribution in [0.2, 0.25) is 0 Å². The molecule has 1 unspecified atom stereocenters. The molecule has 0 aromatic carbocycles. The number of rotatable bonds is 3. The van der Waals surface area contributed by atoms with Gasteiger partial charge in [0.2, 0.25) is 0 Å². The first-order chi connectivity index (χ1) is 8.56. The molecule has 1 saturated heterocycles. The van der Waals surface area contributed by atoms with E-state index in [0.29, 0.717) is 26.1 Å². The Bertz CT molecular complexity index is 463. The first kappa shape index (κ1) is 13.4. The van der Waals surface area contributed by atoms with Crippen molar-refractivity contribution in [1.82, 2.24) is 10.2 Å². The van der Waals surface area contributed by atoms with Crippen LogP contribution in [0.5, 0.6) is 0 Å². The normalized spacial score (nSPS) is 18.9. The maximum absolute atomic E-state index is 11.8. The van der Waals surface area contributed by atoms with Crippen molar-refractivity contribution < 1.29 is 14.7 Å². The number of amides is 2. The molecule has 7 heteroatoms. The highest BCUT2D eigenvalue weighted by molar-refractivity contribution is 9.11. The van der Waals surface area contributed by atoms with Gasteiger partial charge in [0.25, 0.3) is 0 Å². The van der Waals surface area contributed by atoms with E-state index < -0.39 is 11.9 Å². The van der Waals surface area contributed by atoms with Crippen LogP contribution in [0.3, 0.4) is 0 Å². The van der Waals surface area contributed by atoms with Gasteiger partial charge in [-0.05, 0) is 39.4 Å². The molecule has 0 bridgehead atoms. The zero-order chi connectivity index (χ0) is 13.1. The molecule has 0 spiro atoms. The highest BCUT2D eigenvalue weighted by atomic mass is 79.9. The number of hydrogen-bond acceptors (Lipinski definition) is 3. The second-order valence-corrected chi connectivity index (χ2v) is 6.48. The first-order valence-electron chi connectivity index (χ1n) is 5.55. The molecular weight excluding hydrogens is 320 g/mol. The van der Waals surface area contributed by atoms with Crippen molar-refractivity contribution >= 4 is 39.3 Å². The van der Waals surface area contributed by atoms with Crippen LogP contribution < -0.4 is 5.32 Å². The third-order valence-electron chi connectivity index (χ3n) is 2.89. The Hall–Kier alpha value is -1.08. The fourth-order valence-corrected chi connectivity index (χ4v) is 3.08. The second-order valence-electron chi connectivity index (χ2n) is 4.19. The molecule has 1 fully saturated rings. The summed E-state index contributed by atoms with van der Waals surface area (Å²) >= 11 is 4.93. The second kappa shape index (κ2) is 5.71. The molecule has 1 aliphatic rings. The molecule has 2 rings (SSSR count). The lowest BCUT2D eigenvalue weighted by atomic mass is 10.1. The van der Waals surface area contributed by atoms with E-state index >= 15 is 0 Å². The summed E-state index contributed by atoms with van der Waals surface area (Å²) in [4.78, 5) is 24.2. The van der Waals surface area contributed by atoms with Crippen LogP contribution in [-0.4, -0.2) is 35.1 Å². The number of urea groups is 1. The summed E-state index contributed by atoms with van der Waals surface area (Å²) < 4.78 is 1.03. The van der Waals surface area contributed by atoms with Gasteiger partial charge < -0.3 is 15.3 Å². The lowest BCUT2D eigenvalue weighted by Crippen LogP contribution is -2.38. The number of nitrogens with zero attached hydrogens (tertiary/aromatic N) is 1. The van der Waals surface area contributed by atoms with Crippen LogP contribution in [0.4, 0.5) is 4.79 Å². The molecule has 1 atom stereocenters. The van der Waals surface area contributed by atoms with Gasteiger partial charge in [-0.15, -0.1) is 11.3 Å². The number of aliphatic carboxylic acids is 1. The van der Waals surface area contributed by atoms with Crippen LogP contribution in [0.15, 0.2) is 15.2 Å². The van der Waals surface area contributed by atoms with Crippen molar-refractivity contribution in [3.8, 4) is 0 Å². The molecular formula is C11H13BrN2O3S. The molecule has 18 heavy (non-hydrogen) atoms. The third kappa shape index (κ3) is 3.23. The number of carboxylic acid groups (broad SMARTS) is 1. The van der Waals surface area contributed by atoms with E-state index in [2.05, 4.69) is 21.2 Å². The molecule has 1 aromatic heterocycles. The number of carbonyl (C=O) groups excluding carboxylic acids is 1. The topological polar surface area (TPSA) is 69.6 Å². The Morgan fingerprint density at radius 3 is 2.94 bits per heavy atom. The molecule has 2 amide bonds. The van der Waals surface area contributed by atoms with Crippen molar-refractivity contribution in [2.45, 2.75) is 13.0 Å². The van der Waals surface area contributed by atoms with Crippen LogP contribution in [0.25, 0.3) is 0 Å². The van der Waals surface area contributed by atoms with Crippen LogP contribution in [0, 0.1) is 5.92 Å². The van der Waals surface area contributed by atoms with Crippen molar-refractivity contribution in [1.29, 1.82) is 0 Å². The minimum atomic E-state index is -0.827. The van der Waals surface area contributed by atoms with Crippen LogP contribution in [-0.2, 0) is 11.3 Å². The highest BCUT2D eigenvalue weighted by Gasteiger charge is 2.30. The number of nitrogens with one attached hydrogen (secondary N) is 1. The number of thiophene rings is 1. The van der Waals surface area contributed by atoms with Gasteiger partial charge in [0.1, 0.15) is 0 Å². The van der Waals surface area contributed by atoms with E-state index in [1.54, 1.807) is 16.2 Å². The average Bonchev–Trinajstić information content (AvgIpc) is 2.94. The predicted molar refractivity (Wildman–Crippen MR) is 71.6 cm³/mol. The monoisotopic (exact) mass is 332 g/mol. The van der Waals surface area contributed by atoms with E-state index in [1.807, 2.05) is 11.4 Å². The fraction of sp³-hybridized carbons (Fsp3) is 0.455. The van der Waals surface area contributed by atoms with Crippen molar-refractivity contribution in [3.05, 3.63) is 20.8 Å². The largest absolute Gasteiger partial charge is 0.481 e. The maximum Gasteiger partial charge on any atom is 0.317 e. The van der Waals surface area contributed by atoms with E-state index in [4.69, 9.17) is 5.11 Å². The van der Waals surface area contributed by atoms with Gasteiger partial charge in [0.15, 0.2) is 0 Å². The minimum Gasteiger partial charge on any atom is -0.481 e. The van der Waals surface area contributed by atoms with Crippen LogP contribution >= 0.6 is 27.3 Å². The molecule has 2 heterocycles. The summed E-state index contributed by atoms with van der Waals surface area (Å²) in [5, 5.41) is 13.6. The third-order valence-corrected chi connectivity index (χ3v) is 4.44. The molecule has 2 N–H and O–H groups in total. The Morgan fingerprint density at radius 2 is 2.39 bits per heavy atom. The Labute approximate surface area is 117 Å². The Kier molecular flexibility index (Phi) is 4.23. The van der Waals surface area contributed by atoms with Crippen molar-refractivity contribution in [2.24, 2.45) is 5.92 Å². The summed E-state index contributed by atoms with van der Waals surface area (Å²) in [6.07, 6.45) is 0.534. The average molecular weight is 333 g/mol. The fourth-order valence-electron chi connectivity index (χ4n) is 1.87. The lowest BCUT2D eigenvalue weighted by molar-refractivity contribution is -0.141. The van der Waals surface area contributed by atoms with E-state index in [9.17, 15) is 9.59 Å². The number of carbonyl (C=O) groups is 2. The Morgan fingerprint density at radius 1 is 1.61 bits per heavy atom. The number of carboxylic acids is 1. The quantitative estimate of drug-likeness (QED) is 0.890. The number of hydrogen-bond donors (Lipinski definition) is 2. The van der Waals surface area contributed by atoms with Crippen molar-refractivity contribution in [3.63, 3.8) is 0 Å². The number of likely N-dealkylation sites (tertiary alicyclic amines) is 1. The van der Waals surface area contributed by atoms with E-state index in [1.165, 1.54) is 0 Å². The maximum atomic E-state index is 11.8. The smallest absolute Gasteiger partial charge is 0.317 e. The molecule has 0 aliphatic carbocycles. The van der Waals surface area contributed by atoms with E-state index in [0.717, 1.165) is 9.35 Å². The zero-order valence-corrected chi connectivity index (χ0v) is 12.0. The summed E-state index contributed by atoms with van der Waals surface area (Å²) in [5.74, 6) is -1.25. The summed E-state index contributed by atoms with van der Waals surface area (Å²) in [6.45, 7) is 1.28. The molecule has 0 radical (unpaired) electrons. The standard InChI is InChI=1S/C11H13BrN2O3S/c12-9-3-7(6-18-9)4-13-11(17)14-2-1-8(5-14)10(15)16/h3,6,8H,1-2,4-5H2,(H,13,17)(H,15,16). The zero-order valence-electron chi connectivity index (χ0n) is 9.56. The first-order valence-corrected chi connectivity index (χ1v) is 7.22. The summed E-state index contributed by atoms with van der Waals surface area (Å²) in [6, 6.07) is 1.76. The number of halogens is 1. The van der Waals surface area contributed by atoms with Gasteiger partial charge in [-0.25, -0.2) is 4.79 Å². The molecule has 0 saturated carbocycles. The van der Waals surface area contributed by atoms with Gasteiger partial charge in [-0.1, -0.05) is 0 Å². The van der Waals surface area contributed by atoms with Gasteiger partial charge >= 0.3 is 12.0 Å². The highest BCUT2D eigenvalue weighted by Crippen LogP contribution is 2.21. The molecule has 1 aromatic rings. The Balaban J connectivity index is 1.80.